The third-order valence-corrected chi connectivity index (χ3v) is 2.98. The van der Waals surface area contributed by atoms with Crippen molar-refractivity contribution >= 4 is 17.3 Å². The van der Waals surface area contributed by atoms with E-state index in [1.165, 1.54) is 0 Å². The molecule has 0 heterocycles. The standard InChI is InChI=1S/C12H19ClN2O/c1-9-7-12(16-4)11(8-10(9)13)15(3)6-5-14-2/h7-8,14H,5-6H2,1-4H3. The number of hydrogen-bond acceptors (Lipinski definition) is 3. The van der Waals surface area contributed by atoms with E-state index in [0.717, 1.165) is 35.1 Å². The minimum atomic E-state index is 0.770. The normalized spacial score (nSPS) is 10.3. The zero-order valence-electron chi connectivity index (χ0n) is 10.3. The summed E-state index contributed by atoms with van der Waals surface area (Å²) >= 11 is 6.12. The molecule has 1 rings (SSSR count). The average molecular weight is 243 g/mol. The summed E-state index contributed by atoms with van der Waals surface area (Å²) in [5, 5.41) is 3.89. The van der Waals surface area contributed by atoms with Crippen LogP contribution in [-0.2, 0) is 0 Å². The maximum atomic E-state index is 6.12. The van der Waals surface area contributed by atoms with E-state index < -0.39 is 0 Å². The van der Waals surface area contributed by atoms with Crippen molar-refractivity contribution in [2.75, 3.05) is 39.2 Å². The fourth-order valence-electron chi connectivity index (χ4n) is 1.51. The number of anilines is 1. The summed E-state index contributed by atoms with van der Waals surface area (Å²) in [6.07, 6.45) is 0. The van der Waals surface area contributed by atoms with Gasteiger partial charge in [0.1, 0.15) is 5.75 Å². The average Bonchev–Trinajstić information content (AvgIpc) is 2.28. The molecule has 0 amide bonds. The molecule has 0 fully saturated rings. The summed E-state index contributed by atoms with van der Waals surface area (Å²) in [6, 6.07) is 3.92. The second-order valence-corrected chi connectivity index (χ2v) is 4.21. The van der Waals surface area contributed by atoms with Crippen molar-refractivity contribution in [3.8, 4) is 5.75 Å². The SMILES string of the molecule is CNCCN(C)c1cc(Cl)c(C)cc1OC. The molecule has 16 heavy (non-hydrogen) atoms. The van der Waals surface area contributed by atoms with Crippen LogP contribution in [-0.4, -0.2) is 34.3 Å². The molecule has 1 aromatic rings. The quantitative estimate of drug-likeness (QED) is 0.858. The van der Waals surface area contributed by atoms with E-state index in [1.807, 2.05) is 33.2 Å². The lowest BCUT2D eigenvalue weighted by Gasteiger charge is -2.22. The molecule has 0 atom stereocenters. The van der Waals surface area contributed by atoms with Crippen LogP contribution in [0.25, 0.3) is 0 Å². The molecule has 0 saturated heterocycles. The van der Waals surface area contributed by atoms with Gasteiger partial charge < -0.3 is 15.0 Å². The second kappa shape index (κ2) is 5.97. The van der Waals surface area contributed by atoms with Crippen molar-refractivity contribution in [3.05, 3.63) is 22.7 Å². The highest BCUT2D eigenvalue weighted by molar-refractivity contribution is 6.31. The molecule has 0 spiro atoms. The zero-order valence-corrected chi connectivity index (χ0v) is 11.1. The highest BCUT2D eigenvalue weighted by atomic mass is 35.5. The molecule has 0 saturated carbocycles. The monoisotopic (exact) mass is 242 g/mol. The van der Waals surface area contributed by atoms with Crippen molar-refractivity contribution in [2.24, 2.45) is 0 Å². The van der Waals surface area contributed by atoms with E-state index in [9.17, 15) is 0 Å². The van der Waals surface area contributed by atoms with Gasteiger partial charge in [-0.05, 0) is 31.7 Å². The molecule has 90 valence electrons. The maximum Gasteiger partial charge on any atom is 0.142 e. The minimum absolute atomic E-state index is 0.770. The van der Waals surface area contributed by atoms with Gasteiger partial charge in [-0.15, -0.1) is 0 Å². The molecule has 0 radical (unpaired) electrons. The van der Waals surface area contributed by atoms with Crippen molar-refractivity contribution in [3.63, 3.8) is 0 Å². The van der Waals surface area contributed by atoms with Crippen molar-refractivity contribution < 1.29 is 4.74 Å². The van der Waals surface area contributed by atoms with Crippen LogP contribution in [0.4, 0.5) is 5.69 Å². The first kappa shape index (κ1) is 13.1. The number of likely N-dealkylation sites (N-methyl/N-ethyl adjacent to an activating group) is 2. The van der Waals surface area contributed by atoms with E-state index >= 15 is 0 Å². The fraction of sp³-hybridized carbons (Fsp3) is 0.500. The Morgan fingerprint density at radius 2 is 2.12 bits per heavy atom. The van der Waals surface area contributed by atoms with Crippen LogP contribution in [0.2, 0.25) is 5.02 Å². The van der Waals surface area contributed by atoms with Gasteiger partial charge in [-0.2, -0.15) is 0 Å². The lowest BCUT2D eigenvalue weighted by molar-refractivity contribution is 0.414. The first-order valence-corrected chi connectivity index (χ1v) is 5.67. The Morgan fingerprint density at radius 3 is 2.69 bits per heavy atom. The van der Waals surface area contributed by atoms with Gasteiger partial charge in [0.15, 0.2) is 0 Å². The number of methoxy groups -OCH3 is 1. The largest absolute Gasteiger partial charge is 0.495 e. The van der Waals surface area contributed by atoms with Gasteiger partial charge in [0.2, 0.25) is 0 Å². The Morgan fingerprint density at radius 1 is 1.44 bits per heavy atom. The molecule has 1 N–H and O–H groups in total. The van der Waals surface area contributed by atoms with E-state index in [1.54, 1.807) is 7.11 Å². The first-order valence-electron chi connectivity index (χ1n) is 5.30. The van der Waals surface area contributed by atoms with Crippen LogP contribution >= 0.6 is 11.6 Å². The molecule has 0 aliphatic heterocycles. The Kier molecular flexibility index (Phi) is 4.90. The highest BCUT2D eigenvalue weighted by Crippen LogP contribution is 2.32. The molecule has 0 aliphatic carbocycles. The van der Waals surface area contributed by atoms with Crippen molar-refractivity contribution in [2.45, 2.75) is 6.92 Å². The Hall–Kier alpha value is -0.930. The van der Waals surface area contributed by atoms with Gasteiger partial charge in [0.05, 0.1) is 12.8 Å². The van der Waals surface area contributed by atoms with Gasteiger partial charge >= 0.3 is 0 Å². The number of nitrogens with zero attached hydrogens (tertiary/aromatic N) is 1. The third kappa shape index (κ3) is 3.03. The lowest BCUT2D eigenvalue weighted by Crippen LogP contribution is -2.27. The van der Waals surface area contributed by atoms with E-state index in [0.29, 0.717) is 0 Å². The molecule has 4 heteroatoms. The number of halogens is 1. The summed E-state index contributed by atoms with van der Waals surface area (Å²) in [7, 11) is 5.64. The van der Waals surface area contributed by atoms with Crippen LogP contribution in [0.3, 0.4) is 0 Å². The predicted octanol–water partition coefficient (Wildman–Crippen LogP) is 2.31. The summed E-state index contributed by atoms with van der Waals surface area (Å²) in [4.78, 5) is 2.13. The summed E-state index contributed by atoms with van der Waals surface area (Å²) < 4.78 is 5.36. The van der Waals surface area contributed by atoms with E-state index in [4.69, 9.17) is 16.3 Å². The molecule has 0 unspecified atom stereocenters. The number of hydrogen-bond donors (Lipinski definition) is 1. The van der Waals surface area contributed by atoms with Crippen LogP contribution < -0.4 is 15.0 Å². The van der Waals surface area contributed by atoms with Gasteiger partial charge in [0, 0.05) is 25.2 Å². The number of ether oxygens (including phenoxy) is 1. The molecule has 0 bridgehead atoms. The molecular formula is C12H19ClN2O. The number of rotatable bonds is 5. The summed E-state index contributed by atoms with van der Waals surface area (Å²) in [5.74, 6) is 0.862. The third-order valence-electron chi connectivity index (χ3n) is 2.57. The first-order chi connectivity index (χ1) is 7.60. The molecule has 0 aliphatic rings. The molecular weight excluding hydrogens is 224 g/mol. The number of nitrogens with one attached hydrogen (secondary N) is 1. The molecule has 1 aromatic carbocycles. The second-order valence-electron chi connectivity index (χ2n) is 3.80. The van der Waals surface area contributed by atoms with Gasteiger partial charge in [-0.25, -0.2) is 0 Å². The van der Waals surface area contributed by atoms with E-state index in [2.05, 4.69) is 10.2 Å². The summed E-state index contributed by atoms with van der Waals surface area (Å²) in [5.41, 5.74) is 2.05. The van der Waals surface area contributed by atoms with Crippen LogP contribution in [0, 0.1) is 6.92 Å². The number of benzene rings is 1. The highest BCUT2D eigenvalue weighted by Gasteiger charge is 2.10. The van der Waals surface area contributed by atoms with Crippen LogP contribution in [0.1, 0.15) is 5.56 Å². The Balaban J connectivity index is 2.96. The molecule has 0 aromatic heterocycles. The zero-order chi connectivity index (χ0) is 12.1. The van der Waals surface area contributed by atoms with Gasteiger partial charge in [0.25, 0.3) is 0 Å². The summed E-state index contributed by atoms with van der Waals surface area (Å²) in [6.45, 7) is 3.81. The van der Waals surface area contributed by atoms with Gasteiger partial charge in [-0.1, -0.05) is 11.6 Å². The van der Waals surface area contributed by atoms with Crippen molar-refractivity contribution in [1.82, 2.24) is 5.32 Å². The Bertz CT molecular complexity index is 355. The minimum Gasteiger partial charge on any atom is -0.495 e. The lowest BCUT2D eigenvalue weighted by atomic mass is 10.2. The predicted molar refractivity (Wildman–Crippen MR) is 69.9 cm³/mol. The Labute approximate surface area is 102 Å². The van der Waals surface area contributed by atoms with Crippen LogP contribution in [0.15, 0.2) is 12.1 Å². The fourth-order valence-corrected chi connectivity index (χ4v) is 1.66. The van der Waals surface area contributed by atoms with E-state index in [-0.39, 0.29) is 0 Å². The smallest absolute Gasteiger partial charge is 0.142 e. The maximum absolute atomic E-state index is 6.12. The van der Waals surface area contributed by atoms with Crippen molar-refractivity contribution in [1.29, 1.82) is 0 Å². The number of aryl methyl sites for hydroxylation is 1. The molecule has 3 nitrogen and oxygen atoms in total. The van der Waals surface area contributed by atoms with Gasteiger partial charge in [-0.3, -0.25) is 0 Å². The van der Waals surface area contributed by atoms with Crippen LogP contribution in [0.5, 0.6) is 5.75 Å². The topological polar surface area (TPSA) is 24.5 Å².